The molecular weight excluding hydrogens is 872 g/mol. The fourth-order valence-corrected chi connectivity index (χ4v) is 10.2. The van der Waals surface area contributed by atoms with Crippen LogP contribution in [-0.4, -0.2) is 131 Å². The van der Waals surface area contributed by atoms with E-state index in [0.29, 0.717) is 91.9 Å². The van der Waals surface area contributed by atoms with Gasteiger partial charge in [-0.3, -0.25) is 19.2 Å². The smallest absolute Gasteiger partial charge is 0.453 e. The molecule has 0 bridgehead atoms. The third-order valence-corrected chi connectivity index (χ3v) is 13.6. The first-order valence-corrected chi connectivity index (χ1v) is 22.9. The van der Waals surface area contributed by atoms with Crippen LogP contribution in [0.25, 0.3) is 33.5 Å². The van der Waals surface area contributed by atoms with Gasteiger partial charge in [-0.15, -0.1) is 13.2 Å². The quantitative estimate of drug-likeness (QED) is 0.129. The van der Waals surface area contributed by atoms with E-state index in [1.54, 1.807) is 70.7 Å². The molecule has 356 valence electrons. The lowest BCUT2D eigenvalue weighted by atomic mass is 9.84. The number of alkyl halides is 3. The highest BCUT2D eigenvalue weighted by atomic mass is 19.4. The molecule has 2 aromatic heterocycles. The first kappa shape index (κ1) is 46.9. The largest absolute Gasteiger partial charge is 0.573 e. The Morgan fingerprint density at radius 2 is 1.61 bits per heavy atom. The van der Waals surface area contributed by atoms with E-state index >= 15 is 0 Å². The molecule has 1 aliphatic carbocycles. The Morgan fingerprint density at radius 1 is 0.896 bits per heavy atom. The maximum absolute atomic E-state index is 13.9. The van der Waals surface area contributed by atoms with Crippen molar-refractivity contribution in [1.82, 2.24) is 40.3 Å². The molecular formula is C48H56F3N9O7. The molecule has 16 nitrogen and oxygen atoms in total. The van der Waals surface area contributed by atoms with Gasteiger partial charge in [-0.2, -0.15) is 0 Å². The lowest BCUT2D eigenvalue weighted by Crippen LogP contribution is -2.57. The maximum Gasteiger partial charge on any atom is 0.573 e. The average molecular weight is 928 g/mol. The van der Waals surface area contributed by atoms with Crippen molar-refractivity contribution in [3.8, 4) is 39.3 Å². The number of alkyl carbamates (subject to hydrolysis) is 1. The Labute approximate surface area is 386 Å². The third-order valence-electron chi connectivity index (χ3n) is 13.6. The number of aromatic amines is 1. The minimum Gasteiger partial charge on any atom is -0.453 e. The zero-order valence-corrected chi connectivity index (χ0v) is 37.8. The summed E-state index contributed by atoms with van der Waals surface area (Å²) in [4.78, 5) is 83.4. The molecule has 4 aliphatic rings. The van der Waals surface area contributed by atoms with Crippen molar-refractivity contribution in [3.05, 3.63) is 72.8 Å². The van der Waals surface area contributed by atoms with Gasteiger partial charge in [0.2, 0.25) is 24.1 Å². The summed E-state index contributed by atoms with van der Waals surface area (Å²) >= 11 is 0. The van der Waals surface area contributed by atoms with Crippen LogP contribution in [0, 0.1) is 11.8 Å². The first-order chi connectivity index (χ1) is 32.2. The summed E-state index contributed by atoms with van der Waals surface area (Å²) in [5.74, 6) is 0.524. The van der Waals surface area contributed by atoms with Gasteiger partial charge < -0.3 is 44.7 Å². The van der Waals surface area contributed by atoms with Crippen LogP contribution in [0.5, 0.6) is 5.75 Å². The molecule has 3 aliphatic heterocycles. The van der Waals surface area contributed by atoms with Crippen LogP contribution in [0.4, 0.5) is 23.8 Å². The van der Waals surface area contributed by atoms with Gasteiger partial charge in [-0.1, -0.05) is 63.1 Å². The number of fused-ring (bicyclic) bond motifs is 1. The van der Waals surface area contributed by atoms with Gasteiger partial charge in [0.15, 0.2) is 0 Å². The number of piperazine rings is 1. The van der Waals surface area contributed by atoms with Crippen LogP contribution < -0.4 is 20.3 Å². The molecule has 0 radical (unpaired) electrons. The second-order valence-electron chi connectivity index (χ2n) is 17.9. The number of anilines is 1. The van der Waals surface area contributed by atoms with E-state index in [9.17, 15) is 37.1 Å². The summed E-state index contributed by atoms with van der Waals surface area (Å²) in [6, 6.07) is 13.7. The highest BCUT2D eigenvalue weighted by Gasteiger charge is 2.46. The third kappa shape index (κ3) is 10.3. The molecule has 5 atom stereocenters. The number of methoxy groups -OCH3 is 1. The topological polar surface area (TPSA) is 182 Å². The highest BCUT2D eigenvalue weighted by Crippen LogP contribution is 2.46. The van der Waals surface area contributed by atoms with Crippen LogP contribution in [0.2, 0.25) is 0 Å². The molecule has 1 saturated carbocycles. The molecule has 8 rings (SSSR count). The van der Waals surface area contributed by atoms with Crippen LogP contribution in [0.1, 0.15) is 70.7 Å². The van der Waals surface area contributed by atoms with Gasteiger partial charge in [0.25, 0.3) is 0 Å². The van der Waals surface area contributed by atoms with Gasteiger partial charge in [0.05, 0.1) is 18.8 Å². The average Bonchev–Trinajstić information content (AvgIpc) is 4.11. The second-order valence-corrected chi connectivity index (χ2v) is 17.9. The van der Waals surface area contributed by atoms with Crippen molar-refractivity contribution in [2.45, 2.75) is 89.3 Å². The van der Waals surface area contributed by atoms with Gasteiger partial charge in [0.1, 0.15) is 36.0 Å². The van der Waals surface area contributed by atoms with Crippen LogP contribution >= 0.6 is 0 Å². The number of ether oxygens (including phenoxy) is 2. The van der Waals surface area contributed by atoms with E-state index in [4.69, 9.17) is 4.98 Å². The molecule has 3 saturated heterocycles. The first-order valence-electron chi connectivity index (χ1n) is 22.9. The van der Waals surface area contributed by atoms with E-state index in [2.05, 4.69) is 30.1 Å². The zero-order valence-electron chi connectivity index (χ0n) is 37.8. The Bertz CT molecular complexity index is 2420. The zero-order chi connectivity index (χ0) is 47.4. The van der Waals surface area contributed by atoms with E-state index in [0.717, 1.165) is 37.7 Å². The Balaban J connectivity index is 0.927. The normalized spacial score (nSPS) is 21.2. The lowest BCUT2D eigenvalue weighted by molar-refractivity contribution is -0.274. The number of benzene rings is 2. The number of carbonyl (C=O) groups excluding carboxylic acids is 5. The van der Waals surface area contributed by atoms with Crippen LogP contribution in [-0.2, 0) is 23.9 Å². The summed E-state index contributed by atoms with van der Waals surface area (Å²) in [6.07, 6.45) is 4.24. The number of aromatic nitrogens is 3. The molecule has 5 unspecified atom stereocenters. The van der Waals surface area contributed by atoms with Crippen molar-refractivity contribution in [2.24, 2.45) is 11.8 Å². The Kier molecular flexibility index (Phi) is 14.0. The van der Waals surface area contributed by atoms with Crippen LogP contribution in [0.3, 0.4) is 0 Å². The predicted octanol–water partition coefficient (Wildman–Crippen LogP) is 6.30. The Hall–Kier alpha value is -6.66. The number of hydrogen-bond acceptors (Lipinski definition) is 10. The van der Waals surface area contributed by atoms with E-state index in [1.807, 2.05) is 23.6 Å². The maximum atomic E-state index is 13.9. The van der Waals surface area contributed by atoms with Gasteiger partial charge in [-0.25, -0.2) is 14.8 Å². The molecule has 5 amide bonds. The summed E-state index contributed by atoms with van der Waals surface area (Å²) in [6.45, 7) is 5.80. The summed E-state index contributed by atoms with van der Waals surface area (Å²) < 4.78 is 50.8. The van der Waals surface area contributed by atoms with Gasteiger partial charge in [-0.05, 0) is 73.3 Å². The number of hydrogen-bond donors (Lipinski definition) is 3. The van der Waals surface area contributed by atoms with Crippen molar-refractivity contribution in [2.75, 3.05) is 51.3 Å². The number of nitrogens with zero attached hydrogens (tertiary/aromatic N) is 6. The van der Waals surface area contributed by atoms with E-state index in [1.165, 1.54) is 13.2 Å². The number of amides is 5. The van der Waals surface area contributed by atoms with Gasteiger partial charge >= 0.3 is 12.5 Å². The van der Waals surface area contributed by atoms with Crippen molar-refractivity contribution >= 4 is 36.0 Å². The highest BCUT2D eigenvalue weighted by molar-refractivity contribution is 5.91. The second kappa shape index (κ2) is 20.1. The summed E-state index contributed by atoms with van der Waals surface area (Å²) in [7, 11) is 1.24. The molecule has 67 heavy (non-hydrogen) atoms. The number of carbonyl (C=O) groups is 5. The SMILES string of the molecule is COC(=O)NCC(=O)N1C(c2nc(-c3ccc(-c4ccc(-c5ccc(N6CCN(C(=O)C7CCCN7C(=O)C(NC=O)C(C)C)CC6)nc5)cc4OC(F)(F)F)cc3)c[nH]2)CC2CCCCC21. The monoisotopic (exact) mass is 927 g/mol. The fourth-order valence-electron chi connectivity index (χ4n) is 10.2. The molecule has 5 heterocycles. The van der Waals surface area contributed by atoms with Gasteiger partial charge in [0, 0.05) is 67.8 Å². The predicted molar refractivity (Wildman–Crippen MR) is 241 cm³/mol. The number of rotatable bonds is 13. The molecule has 19 heteroatoms. The molecule has 3 N–H and O–H groups in total. The minimum atomic E-state index is -4.96. The number of likely N-dealkylation sites (tertiary alicyclic amines) is 2. The van der Waals surface area contributed by atoms with E-state index in [-0.39, 0.29) is 53.6 Å². The van der Waals surface area contributed by atoms with Crippen molar-refractivity contribution in [3.63, 3.8) is 0 Å². The number of imidazole rings is 1. The Morgan fingerprint density at radius 3 is 2.30 bits per heavy atom. The summed E-state index contributed by atoms with van der Waals surface area (Å²) in [5, 5.41) is 5.11. The number of halogens is 3. The standard InChI is InChI=1S/C48H56F3N9O7/c1-29(2)43(55-28-61)46(64)59-18-6-9-38(59)45(63)58-21-19-57(20-22-58)41-17-15-34(25-52-41)32-14-16-35(40(24-32)67-48(49,50)51)30-10-12-31(13-11-30)36-26-53-44(56-36)39-23-33-7-4-5-8-37(33)60(39)42(62)27-54-47(65)66-3/h10-17,24-26,28-29,33,37-39,43H,4-9,18-23,27H2,1-3H3,(H,53,56)(H,54,65)(H,55,61). The van der Waals surface area contributed by atoms with Crippen molar-refractivity contribution < 1.29 is 46.6 Å². The molecule has 4 aromatic rings. The van der Waals surface area contributed by atoms with Crippen LogP contribution in [0.15, 0.2) is 67.0 Å². The minimum absolute atomic E-state index is 0.0499. The molecule has 4 fully saturated rings. The number of nitrogens with one attached hydrogen (secondary N) is 3. The molecule has 2 aromatic carbocycles. The summed E-state index contributed by atoms with van der Waals surface area (Å²) in [5.41, 5.74) is 3.11. The fraction of sp³-hybridized carbons (Fsp3) is 0.479. The van der Waals surface area contributed by atoms with Crippen molar-refractivity contribution in [1.29, 1.82) is 0 Å². The lowest BCUT2D eigenvalue weighted by Gasteiger charge is -2.38. The van der Waals surface area contributed by atoms with E-state index < -0.39 is 24.5 Å². The number of pyridine rings is 1. The molecule has 0 spiro atoms. The number of H-pyrrole nitrogens is 1.